The summed E-state index contributed by atoms with van der Waals surface area (Å²) in [5.41, 5.74) is 0.249. The monoisotopic (exact) mass is 332 g/mol. The molecule has 0 aliphatic heterocycles. The number of ether oxygens (including phenoxy) is 1. The molecule has 0 bridgehead atoms. The van der Waals surface area contributed by atoms with Crippen LogP contribution in [-0.4, -0.2) is 23.0 Å². The smallest absolute Gasteiger partial charge is 0.269 e. The number of non-ortho nitro benzene ring substituents is 2. The highest BCUT2D eigenvalue weighted by molar-refractivity contribution is 5.50. The van der Waals surface area contributed by atoms with Crippen molar-refractivity contribution in [2.24, 2.45) is 5.29 Å². The van der Waals surface area contributed by atoms with Crippen LogP contribution in [0.4, 0.5) is 17.1 Å². The van der Waals surface area contributed by atoms with E-state index < -0.39 is 9.85 Å². The second-order valence-corrected chi connectivity index (χ2v) is 4.58. The van der Waals surface area contributed by atoms with E-state index in [-0.39, 0.29) is 24.5 Å². The van der Waals surface area contributed by atoms with Crippen LogP contribution in [0.3, 0.4) is 0 Å². The molecule has 0 N–H and O–H groups in total. The minimum absolute atomic E-state index is 0.0515. The van der Waals surface area contributed by atoms with Gasteiger partial charge in [-0.05, 0) is 24.3 Å². The Labute approximate surface area is 135 Å². The summed E-state index contributed by atoms with van der Waals surface area (Å²) in [5.74, 6) is 0.412. The molecule has 10 nitrogen and oxygen atoms in total. The van der Waals surface area contributed by atoms with Crippen LogP contribution in [0.1, 0.15) is 0 Å². The summed E-state index contributed by atoms with van der Waals surface area (Å²) in [6.07, 6.45) is 0. The van der Waals surface area contributed by atoms with Crippen LogP contribution in [-0.2, 0) is 0 Å². The highest BCUT2D eigenvalue weighted by atomic mass is 16.6. The van der Waals surface area contributed by atoms with E-state index in [1.54, 1.807) is 0 Å². The molecule has 0 saturated heterocycles. The highest BCUT2D eigenvalue weighted by Gasteiger charge is 2.10. The van der Waals surface area contributed by atoms with Gasteiger partial charge in [0.2, 0.25) is 0 Å². The van der Waals surface area contributed by atoms with Gasteiger partial charge in [0.15, 0.2) is 0 Å². The number of hydrogen-bond donors (Lipinski definition) is 0. The Bertz CT molecular complexity index is 732. The van der Waals surface area contributed by atoms with Crippen molar-refractivity contribution in [3.63, 3.8) is 0 Å². The van der Waals surface area contributed by atoms with Gasteiger partial charge < -0.3 is 4.74 Å². The SMILES string of the molecule is O=NN(CCOc1ccc([N+](=O)[O-])cc1)c1ccc([N+](=O)[O-])cc1. The molecule has 2 rings (SSSR count). The zero-order chi connectivity index (χ0) is 17.5. The lowest BCUT2D eigenvalue weighted by Gasteiger charge is -2.15. The van der Waals surface area contributed by atoms with Crippen molar-refractivity contribution in [3.8, 4) is 5.75 Å². The molecule has 24 heavy (non-hydrogen) atoms. The van der Waals surface area contributed by atoms with E-state index in [0.717, 1.165) is 5.01 Å². The van der Waals surface area contributed by atoms with Crippen LogP contribution in [0.25, 0.3) is 0 Å². The first kappa shape index (κ1) is 16.8. The predicted molar refractivity (Wildman–Crippen MR) is 84.8 cm³/mol. The number of nitroso groups, excluding NO2 is 1. The molecule has 0 heterocycles. The van der Waals surface area contributed by atoms with Gasteiger partial charge in [-0.25, -0.2) is 5.01 Å². The standard InChI is InChI=1S/C14H12N4O6/c19-15-16(11-1-3-12(4-2-11)17(20)21)9-10-24-14-7-5-13(6-8-14)18(22)23/h1-8H,9-10H2. The molecule has 2 aromatic carbocycles. The topological polar surface area (TPSA) is 128 Å². The fourth-order valence-corrected chi connectivity index (χ4v) is 1.88. The Kier molecular flexibility index (Phi) is 5.34. The van der Waals surface area contributed by atoms with Gasteiger partial charge in [-0.3, -0.25) is 20.2 Å². The molecule has 0 amide bonds. The summed E-state index contributed by atoms with van der Waals surface area (Å²) in [6.45, 7) is 0.207. The average molecular weight is 332 g/mol. The lowest BCUT2D eigenvalue weighted by molar-refractivity contribution is -0.385. The maximum absolute atomic E-state index is 10.9. The lowest BCUT2D eigenvalue weighted by atomic mass is 10.3. The summed E-state index contributed by atoms with van der Waals surface area (Å²) in [7, 11) is 0. The Morgan fingerprint density at radius 1 is 0.917 bits per heavy atom. The Balaban J connectivity index is 1.92. The number of nitro benzene ring substituents is 2. The molecule has 0 aromatic heterocycles. The van der Waals surface area contributed by atoms with Gasteiger partial charge in [-0.1, -0.05) is 0 Å². The quantitative estimate of drug-likeness (QED) is 0.412. The summed E-state index contributed by atoms with van der Waals surface area (Å²) in [4.78, 5) is 31.0. The second-order valence-electron chi connectivity index (χ2n) is 4.58. The van der Waals surface area contributed by atoms with Gasteiger partial charge in [0.05, 0.1) is 27.4 Å². The molecule has 124 valence electrons. The van der Waals surface area contributed by atoms with E-state index in [0.29, 0.717) is 11.4 Å². The van der Waals surface area contributed by atoms with Crippen LogP contribution in [0.2, 0.25) is 0 Å². The third kappa shape index (κ3) is 4.22. The van der Waals surface area contributed by atoms with Crippen molar-refractivity contribution in [1.29, 1.82) is 0 Å². The zero-order valence-electron chi connectivity index (χ0n) is 12.3. The first-order chi connectivity index (χ1) is 11.5. The summed E-state index contributed by atoms with van der Waals surface area (Å²) in [5, 5.41) is 25.1. The zero-order valence-corrected chi connectivity index (χ0v) is 12.3. The van der Waals surface area contributed by atoms with Gasteiger partial charge in [0.25, 0.3) is 11.4 Å². The first-order valence-corrected chi connectivity index (χ1v) is 6.74. The Morgan fingerprint density at radius 3 is 1.88 bits per heavy atom. The maximum Gasteiger partial charge on any atom is 0.269 e. The van der Waals surface area contributed by atoms with Crippen LogP contribution < -0.4 is 9.75 Å². The van der Waals surface area contributed by atoms with Crippen LogP contribution >= 0.6 is 0 Å². The van der Waals surface area contributed by atoms with Crippen molar-refractivity contribution >= 4 is 17.1 Å². The average Bonchev–Trinajstić information content (AvgIpc) is 2.59. The molecule has 2 aromatic rings. The number of nitrogens with zero attached hydrogens (tertiary/aromatic N) is 4. The van der Waals surface area contributed by atoms with E-state index in [4.69, 9.17) is 4.74 Å². The third-order valence-electron chi connectivity index (χ3n) is 3.08. The van der Waals surface area contributed by atoms with Crippen LogP contribution in [0, 0.1) is 25.1 Å². The third-order valence-corrected chi connectivity index (χ3v) is 3.08. The predicted octanol–water partition coefficient (Wildman–Crippen LogP) is 3.07. The highest BCUT2D eigenvalue weighted by Crippen LogP contribution is 2.20. The molecule has 10 heteroatoms. The van der Waals surface area contributed by atoms with Crippen molar-refractivity contribution in [3.05, 3.63) is 73.7 Å². The van der Waals surface area contributed by atoms with E-state index in [1.807, 2.05) is 0 Å². The van der Waals surface area contributed by atoms with Crippen molar-refractivity contribution in [2.45, 2.75) is 0 Å². The minimum atomic E-state index is -0.542. The van der Waals surface area contributed by atoms with Gasteiger partial charge in [0.1, 0.15) is 12.4 Å². The fraction of sp³-hybridized carbons (Fsp3) is 0.143. The molecule has 0 saturated carbocycles. The van der Waals surface area contributed by atoms with Gasteiger partial charge >= 0.3 is 0 Å². The van der Waals surface area contributed by atoms with Gasteiger partial charge in [-0.2, -0.15) is 0 Å². The molecule has 0 atom stereocenters. The van der Waals surface area contributed by atoms with Gasteiger partial charge in [-0.15, -0.1) is 4.91 Å². The number of hydrogen-bond acceptors (Lipinski definition) is 7. The summed E-state index contributed by atoms with van der Waals surface area (Å²) < 4.78 is 5.39. The molecular formula is C14H12N4O6. The molecule has 0 unspecified atom stereocenters. The number of benzene rings is 2. The van der Waals surface area contributed by atoms with Crippen LogP contribution in [0.15, 0.2) is 53.8 Å². The summed E-state index contributed by atoms with van der Waals surface area (Å²) >= 11 is 0. The second kappa shape index (κ2) is 7.63. The van der Waals surface area contributed by atoms with E-state index in [1.165, 1.54) is 48.5 Å². The molecule has 0 radical (unpaired) electrons. The molecule has 0 aliphatic rings. The van der Waals surface area contributed by atoms with Crippen molar-refractivity contribution in [1.82, 2.24) is 0 Å². The van der Waals surface area contributed by atoms with Crippen molar-refractivity contribution < 1.29 is 14.6 Å². The fourth-order valence-electron chi connectivity index (χ4n) is 1.88. The number of rotatable bonds is 8. The maximum atomic E-state index is 10.9. The largest absolute Gasteiger partial charge is 0.492 e. The van der Waals surface area contributed by atoms with E-state index in [9.17, 15) is 25.1 Å². The first-order valence-electron chi connectivity index (χ1n) is 6.74. The lowest BCUT2D eigenvalue weighted by Crippen LogP contribution is -2.22. The normalized spacial score (nSPS) is 10.0. The Hall–Kier alpha value is -3.56. The molecular weight excluding hydrogens is 320 g/mol. The van der Waals surface area contributed by atoms with E-state index >= 15 is 0 Å². The van der Waals surface area contributed by atoms with Crippen LogP contribution in [0.5, 0.6) is 5.75 Å². The number of anilines is 1. The van der Waals surface area contributed by atoms with Gasteiger partial charge in [0, 0.05) is 24.3 Å². The van der Waals surface area contributed by atoms with Crippen molar-refractivity contribution in [2.75, 3.05) is 18.2 Å². The number of nitro groups is 2. The summed E-state index contributed by atoms with van der Waals surface area (Å²) in [6, 6.07) is 10.9. The minimum Gasteiger partial charge on any atom is -0.492 e. The van der Waals surface area contributed by atoms with E-state index in [2.05, 4.69) is 5.29 Å². The molecule has 0 fully saturated rings. The molecule has 0 spiro atoms. The Morgan fingerprint density at radius 2 is 1.42 bits per heavy atom. The molecule has 0 aliphatic carbocycles.